The van der Waals surface area contributed by atoms with Gasteiger partial charge in [-0.3, -0.25) is 0 Å². The summed E-state index contributed by atoms with van der Waals surface area (Å²) >= 11 is 5.42. The SMILES string of the molecule is CC(N)c1ccc(Cl)c(C(F)(F)F)c1. The first-order valence-electron chi connectivity index (χ1n) is 3.94. The van der Waals surface area contributed by atoms with Crippen molar-refractivity contribution >= 4 is 11.6 Å². The summed E-state index contributed by atoms with van der Waals surface area (Å²) in [5.74, 6) is 0. The smallest absolute Gasteiger partial charge is 0.324 e. The molecule has 1 unspecified atom stereocenters. The minimum atomic E-state index is -4.43. The lowest BCUT2D eigenvalue weighted by Gasteiger charge is -2.12. The van der Waals surface area contributed by atoms with E-state index in [0.717, 1.165) is 6.07 Å². The summed E-state index contributed by atoms with van der Waals surface area (Å²) in [6.07, 6.45) is -4.43. The van der Waals surface area contributed by atoms with Gasteiger partial charge in [-0.05, 0) is 24.6 Å². The highest BCUT2D eigenvalue weighted by atomic mass is 35.5. The summed E-state index contributed by atoms with van der Waals surface area (Å²) in [7, 11) is 0. The molecule has 0 aliphatic heterocycles. The van der Waals surface area contributed by atoms with Crippen LogP contribution in [0.15, 0.2) is 18.2 Å². The van der Waals surface area contributed by atoms with Gasteiger partial charge in [0, 0.05) is 6.04 Å². The summed E-state index contributed by atoms with van der Waals surface area (Å²) in [6.45, 7) is 1.61. The fourth-order valence-electron chi connectivity index (χ4n) is 1.04. The molecular weight excluding hydrogens is 215 g/mol. The number of hydrogen-bond acceptors (Lipinski definition) is 1. The molecule has 1 aromatic rings. The van der Waals surface area contributed by atoms with Gasteiger partial charge < -0.3 is 5.73 Å². The van der Waals surface area contributed by atoms with E-state index in [9.17, 15) is 13.2 Å². The lowest BCUT2D eigenvalue weighted by Crippen LogP contribution is -2.10. The Labute approximate surface area is 84.7 Å². The van der Waals surface area contributed by atoms with Crippen molar-refractivity contribution in [3.05, 3.63) is 34.3 Å². The van der Waals surface area contributed by atoms with Crippen LogP contribution in [-0.4, -0.2) is 0 Å². The van der Waals surface area contributed by atoms with E-state index in [1.807, 2.05) is 0 Å². The zero-order chi connectivity index (χ0) is 10.9. The number of alkyl halides is 3. The molecule has 5 heteroatoms. The number of halogens is 4. The van der Waals surface area contributed by atoms with Gasteiger partial charge >= 0.3 is 6.18 Å². The van der Waals surface area contributed by atoms with Crippen LogP contribution in [0.25, 0.3) is 0 Å². The lowest BCUT2D eigenvalue weighted by molar-refractivity contribution is -0.137. The Hall–Kier alpha value is -0.740. The Kier molecular flexibility index (Phi) is 3.07. The minimum Gasteiger partial charge on any atom is -0.324 e. The second kappa shape index (κ2) is 3.79. The monoisotopic (exact) mass is 223 g/mol. The molecule has 0 bridgehead atoms. The van der Waals surface area contributed by atoms with Crippen LogP contribution in [0.2, 0.25) is 5.02 Å². The zero-order valence-electron chi connectivity index (χ0n) is 7.40. The van der Waals surface area contributed by atoms with Crippen LogP contribution in [0.3, 0.4) is 0 Å². The second-order valence-electron chi connectivity index (χ2n) is 3.03. The summed E-state index contributed by atoms with van der Waals surface area (Å²) in [6, 6.07) is 3.24. The first-order chi connectivity index (χ1) is 6.32. The molecule has 0 radical (unpaired) electrons. The topological polar surface area (TPSA) is 26.0 Å². The van der Waals surface area contributed by atoms with E-state index in [0.29, 0.717) is 5.56 Å². The van der Waals surface area contributed by atoms with Crippen molar-refractivity contribution in [2.24, 2.45) is 5.73 Å². The summed E-state index contributed by atoms with van der Waals surface area (Å²) in [5, 5.41) is -0.304. The maximum absolute atomic E-state index is 12.4. The van der Waals surface area contributed by atoms with Crippen LogP contribution >= 0.6 is 11.6 Å². The molecule has 1 rings (SSSR count). The molecule has 1 nitrogen and oxygen atoms in total. The molecule has 0 aliphatic rings. The van der Waals surface area contributed by atoms with Gasteiger partial charge in [-0.25, -0.2) is 0 Å². The van der Waals surface area contributed by atoms with Gasteiger partial charge in [0.2, 0.25) is 0 Å². The normalized spacial score (nSPS) is 14.1. The van der Waals surface area contributed by atoms with Gasteiger partial charge in [-0.2, -0.15) is 13.2 Å². The van der Waals surface area contributed by atoms with Crippen molar-refractivity contribution < 1.29 is 13.2 Å². The molecule has 1 aromatic carbocycles. The molecule has 78 valence electrons. The van der Waals surface area contributed by atoms with E-state index in [2.05, 4.69) is 0 Å². The fourth-order valence-corrected chi connectivity index (χ4v) is 1.27. The van der Waals surface area contributed by atoms with Crippen molar-refractivity contribution in [3.8, 4) is 0 Å². The van der Waals surface area contributed by atoms with Gasteiger partial charge in [-0.1, -0.05) is 17.7 Å². The standard InChI is InChI=1S/C9H9ClF3N/c1-5(14)6-2-3-8(10)7(4-6)9(11,12)13/h2-5H,14H2,1H3. The van der Waals surface area contributed by atoms with E-state index >= 15 is 0 Å². The molecule has 0 aliphatic carbocycles. The molecule has 0 amide bonds. The second-order valence-corrected chi connectivity index (χ2v) is 3.43. The van der Waals surface area contributed by atoms with Crippen LogP contribution in [0.1, 0.15) is 24.1 Å². The molecule has 0 aromatic heterocycles. The first kappa shape index (κ1) is 11.3. The third-order valence-corrected chi connectivity index (χ3v) is 2.15. The third kappa shape index (κ3) is 2.39. The van der Waals surface area contributed by atoms with E-state index < -0.39 is 17.8 Å². The molecule has 0 fully saturated rings. The van der Waals surface area contributed by atoms with E-state index in [1.165, 1.54) is 12.1 Å². The van der Waals surface area contributed by atoms with E-state index in [-0.39, 0.29) is 5.02 Å². The Morgan fingerprint density at radius 3 is 2.36 bits per heavy atom. The molecule has 2 N–H and O–H groups in total. The summed E-state index contributed by atoms with van der Waals surface area (Å²) in [5.41, 5.74) is 5.04. The van der Waals surface area contributed by atoms with Crippen LogP contribution in [0, 0.1) is 0 Å². The Bertz CT molecular complexity index is 333. The highest BCUT2D eigenvalue weighted by Crippen LogP contribution is 2.35. The van der Waals surface area contributed by atoms with Crippen molar-refractivity contribution in [1.29, 1.82) is 0 Å². The Balaban J connectivity index is 3.22. The average molecular weight is 224 g/mol. The van der Waals surface area contributed by atoms with E-state index in [1.54, 1.807) is 6.92 Å². The zero-order valence-corrected chi connectivity index (χ0v) is 8.15. The first-order valence-corrected chi connectivity index (χ1v) is 4.32. The fraction of sp³-hybridized carbons (Fsp3) is 0.333. The molecule has 0 spiro atoms. The number of nitrogens with two attached hydrogens (primary N) is 1. The average Bonchev–Trinajstić information content (AvgIpc) is 2.02. The maximum Gasteiger partial charge on any atom is 0.417 e. The number of benzene rings is 1. The third-order valence-electron chi connectivity index (χ3n) is 1.82. The highest BCUT2D eigenvalue weighted by molar-refractivity contribution is 6.31. The molecule has 14 heavy (non-hydrogen) atoms. The minimum absolute atomic E-state index is 0.304. The number of rotatable bonds is 1. The van der Waals surface area contributed by atoms with E-state index in [4.69, 9.17) is 17.3 Å². The molecule has 0 saturated heterocycles. The summed E-state index contributed by atoms with van der Waals surface area (Å²) < 4.78 is 37.1. The molecular formula is C9H9ClF3N. The quantitative estimate of drug-likeness (QED) is 0.776. The molecule has 0 heterocycles. The number of hydrogen-bond donors (Lipinski definition) is 1. The van der Waals surface area contributed by atoms with Crippen molar-refractivity contribution in [1.82, 2.24) is 0 Å². The largest absolute Gasteiger partial charge is 0.417 e. The van der Waals surface area contributed by atoms with Crippen LogP contribution < -0.4 is 5.73 Å². The molecule has 0 saturated carbocycles. The highest BCUT2D eigenvalue weighted by Gasteiger charge is 2.33. The maximum atomic E-state index is 12.4. The van der Waals surface area contributed by atoms with Gasteiger partial charge in [0.05, 0.1) is 10.6 Å². The van der Waals surface area contributed by atoms with Crippen LogP contribution in [-0.2, 0) is 6.18 Å². The molecule has 1 atom stereocenters. The lowest BCUT2D eigenvalue weighted by atomic mass is 10.1. The van der Waals surface area contributed by atoms with Crippen molar-refractivity contribution in [3.63, 3.8) is 0 Å². The predicted octanol–water partition coefficient (Wildman–Crippen LogP) is 3.38. The summed E-state index contributed by atoms with van der Waals surface area (Å²) in [4.78, 5) is 0. The Morgan fingerprint density at radius 1 is 1.36 bits per heavy atom. The van der Waals surface area contributed by atoms with Crippen LogP contribution in [0.4, 0.5) is 13.2 Å². The van der Waals surface area contributed by atoms with Gasteiger partial charge in [0.15, 0.2) is 0 Å². The van der Waals surface area contributed by atoms with Gasteiger partial charge in [0.25, 0.3) is 0 Å². The van der Waals surface area contributed by atoms with Crippen molar-refractivity contribution in [2.45, 2.75) is 19.1 Å². The Morgan fingerprint density at radius 2 is 1.93 bits per heavy atom. The predicted molar refractivity (Wildman–Crippen MR) is 49.1 cm³/mol. The van der Waals surface area contributed by atoms with Gasteiger partial charge in [0.1, 0.15) is 0 Å². The van der Waals surface area contributed by atoms with Crippen molar-refractivity contribution in [2.75, 3.05) is 0 Å². The van der Waals surface area contributed by atoms with Crippen LogP contribution in [0.5, 0.6) is 0 Å². The van der Waals surface area contributed by atoms with Gasteiger partial charge in [-0.15, -0.1) is 0 Å².